The average Bonchev–Trinajstić information content (AvgIpc) is 2.54. The minimum atomic E-state index is -0.461. The van der Waals surface area contributed by atoms with Crippen molar-refractivity contribution in [2.24, 2.45) is 5.73 Å². The van der Waals surface area contributed by atoms with Crippen molar-refractivity contribution in [3.63, 3.8) is 0 Å². The second kappa shape index (κ2) is 7.42. The molecule has 0 saturated carbocycles. The van der Waals surface area contributed by atoms with Gasteiger partial charge in [-0.15, -0.1) is 6.58 Å². The number of nitrogens with zero attached hydrogens (tertiary/aromatic N) is 2. The fraction of sp³-hybridized carbons (Fsp3) is 0.750. The van der Waals surface area contributed by atoms with Gasteiger partial charge in [-0.25, -0.2) is 0 Å². The molecule has 0 aromatic heterocycles. The van der Waals surface area contributed by atoms with E-state index in [0.29, 0.717) is 19.5 Å². The van der Waals surface area contributed by atoms with E-state index >= 15 is 0 Å². The number of nitrogens with two attached hydrogens (primary N) is 1. The van der Waals surface area contributed by atoms with E-state index in [2.05, 4.69) is 11.5 Å². The fourth-order valence-electron chi connectivity index (χ4n) is 2.07. The molecule has 1 fully saturated rings. The van der Waals surface area contributed by atoms with Crippen molar-refractivity contribution in [1.82, 2.24) is 9.80 Å². The summed E-state index contributed by atoms with van der Waals surface area (Å²) < 4.78 is 0. The molecule has 1 aliphatic heterocycles. The molecule has 3 N–H and O–H groups in total. The maximum absolute atomic E-state index is 12.0. The zero-order chi connectivity index (χ0) is 12.7. The number of aliphatic hydroxyl groups is 1. The minimum absolute atomic E-state index is 0.00995. The van der Waals surface area contributed by atoms with Crippen LogP contribution in [-0.4, -0.2) is 66.2 Å². The van der Waals surface area contributed by atoms with Crippen molar-refractivity contribution >= 4 is 5.91 Å². The van der Waals surface area contributed by atoms with Crippen LogP contribution in [0.15, 0.2) is 12.7 Å². The second-order valence-corrected chi connectivity index (χ2v) is 4.37. The number of carbonyl (C=O) groups excluding carboxylic acids is 1. The Morgan fingerprint density at radius 1 is 1.41 bits per heavy atom. The molecule has 0 bridgehead atoms. The van der Waals surface area contributed by atoms with Crippen LogP contribution < -0.4 is 5.73 Å². The van der Waals surface area contributed by atoms with Crippen LogP contribution in [0.2, 0.25) is 0 Å². The first-order chi connectivity index (χ1) is 8.19. The number of rotatable bonds is 5. The summed E-state index contributed by atoms with van der Waals surface area (Å²) in [6.45, 7) is 7.65. The van der Waals surface area contributed by atoms with Gasteiger partial charge in [-0.1, -0.05) is 6.08 Å². The van der Waals surface area contributed by atoms with Gasteiger partial charge in [0.15, 0.2) is 0 Å². The molecule has 1 aliphatic rings. The lowest BCUT2D eigenvalue weighted by Gasteiger charge is -2.24. The molecule has 0 aromatic carbocycles. The fourth-order valence-corrected chi connectivity index (χ4v) is 2.07. The molecule has 5 nitrogen and oxygen atoms in total. The van der Waals surface area contributed by atoms with Crippen molar-refractivity contribution in [3.05, 3.63) is 12.7 Å². The van der Waals surface area contributed by atoms with E-state index in [1.807, 2.05) is 4.90 Å². The molecular formula is C12H23N3O2. The average molecular weight is 241 g/mol. The Kier molecular flexibility index (Phi) is 6.18. The molecular weight excluding hydrogens is 218 g/mol. The first kappa shape index (κ1) is 14.2. The van der Waals surface area contributed by atoms with Gasteiger partial charge in [0, 0.05) is 26.2 Å². The number of hydrogen-bond donors (Lipinski definition) is 2. The normalized spacial score (nSPS) is 19.8. The molecule has 0 radical (unpaired) electrons. The first-order valence-corrected chi connectivity index (χ1v) is 6.17. The molecule has 0 aliphatic carbocycles. The molecule has 1 amide bonds. The van der Waals surface area contributed by atoms with Gasteiger partial charge in [0.2, 0.25) is 5.91 Å². The maximum atomic E-state index is 12.0. The van der Waals surface area contributed by atoms with Crippen LogP contribution >= 0.6 is 0 Å². The number of aliphatic hydroxyl groups excluding tert-OH is 1. The van der Waals surface area contributed by atoms with E-state index in [9.17, 15) is 4.79 Å². The Hall–Kier alpha value is -0.910. The third-order valence-electron chi connectivity index (χ3n) is 3.05. The standard InChI is InChI=1S/C12H23N3O2/c1-2-4-11(13)12(17)15-6-3-5-14(7-8-15)9-10-16/h2,11,16H,1,3-10,13H2. The topological polar surface area (TPSA) is 69.8 Å². The van der Waals surface area contributed by atoms with Gasteiger partial charge in [0.1, 0.15) is 0 Å². The Bertz CT molecular complexity index is 258. The lowest BCUT2D eigenvalue weighted by molar-refractivity contribution is -0.132. The van der Waals surface area contributed by atoms with E-state index < -0.39 is 6.04 Å². The minimum Gasteiger partial charge on any atom is -0.395 e. The van der Waals surface area contributed by atoms with Crippen LogP contribution in [0.4, 0.5) is 0 Å². The lowest BCUT2D eigenvalue weighted by Crippen LogP contribution is -2.45. The van der Waals surface area contributed by atoms with E-state index in [4.69, 9.17) is 10.8 Å². The summed E-state index contributed by atoms with van der Waals surface area (Å²) >= 11 is 0. The Morgan fingerprint density at radius 2 is 2.18 bits per heavy atom. The van der Waals surface area contributed by atoms with Gasteiger partial charge < -0.3 is 15.7 Å². The van der Waals surface area contributed by atoms with Crippen molar-refractivity contribution < 1.29 is 9.90 Å². The quantitative estimate of drug-likeness (QED) is 0.632. The summed E-state index contributed by atoms with van der Waals surface area (Å²) in [6.07, 6.45) is 3.14. The van der Waals surface area contributed by atoms with E-state index in [1.165, 1.54) is 0 Å². The van der Waals surface area contributed by atoms with Gasteiger partial charge in [-0.05, 0) is 19.4 Å². The van der Waals surface area contributed by atoms with Crippen molar-refractivity contribution in [1.29, 1.82) is 0 Å². The molecule has 17 heavy (non-hydrogen) atoms. The summed E-state index contributed by atoms with van der Waals surface area (Å²) in [5.41, 5.74) is 5.79. The largest absolute Gasteiger partial charge is 0.395 e. The van der Waals surface area contributed by atoms with Crippen LogP contribution in [0.5, 0.6) is 0 Å². The van der Waals surface area contributed by atoms with Crippen molar-refractivity contribution in [2.75, 3.05) is 39.3 Å². The summed E-state index contributed by atoms with van der Waals surface area (Å²) in [5.74, 6) is 0.00995. The predicted molar refractivity (Wildman–Crippen MR) is 67.5 cm³/mol. The molecule has 1 unspecified atom stereocenters. The smallest absolute Gasteiger partial charge is 0.239 e. The number of hydrogen-bond acceptors (Lipinski definition) is 4. The van der Waals surface area contributed by atoms with Crippen molar-refractivity contribution in [2.45, 2.75) is 18.9 Å². The highest BCUT2D eigenvalue weighted by atomic mass is 16.3. The molecule has 1 saturated heterocycles. The van der Waals surface area contributed by atoms with E-state index in [1.54, 1.807) is 6.08 Å². The molecule has 1 rings (SSSR count). The molecule has 5 heteroatoms. The zero-order valence-corrected chi connectivity index (χ0v) is 10.3. The molecule has 1 heterocycles. The number of amides is 1. The van der Waals surface area contributed by atoms with Crippen LogP contribution in [0.25, 0.3) is 0 Å². The predicted octanol–water partition coefficient (Wildman–Crippen LogP) is -0.584. The number of carbonyl (C=O) groups is 1. The third-order valence-corrected chi connectivity index (χ3v) is 3.05. The van der Waals surface area contributed by atoms with Gasteiger partial charge in [-0.2, -0.15) is 0 Å². The lowest BCUT2D eigenvalue weighted by atomic mass is 10.2. The molecule has 1 atom stereocenters. The monoisotopic (exact) mass is 241 g/mol. The summed E-state index contributed by atoms with van der Waals surface area (Å²) in [4.78, 5) is 16.0. The van der Waals surface area contributed by atoms with Gasteiger partial charge >= 0.3 is 0 Å². The summed E-state index contributed by atoms with van der Waals surface area (Å²) in [5, 5.41) is 8.89. The highest BCUT2D eigenvalue weighted by Crippen LogP contribution is 2.05. The van der Waals surface area contributed by atoms with Crippen LogP contribution in [-0.2, 0) is 4.79 Å². The first-order valence-electron chi connectivity index (χ1n) is 6.17. The van der Waals surface area contributed by atoms with Gasteiger partial charge in [0.25, 0.3) is 0 Å². The third kappa shape index (κ3) is 4.46. The van der Waals surface area contributed by atoms with Crippen LogP contribution in [0.1, 0.15) is 12.8 Å². The highest BCUT2D eigenvalue weighted by Gasteiger charge is 2.22. The van der Waals surface area contributed by atoms with E-state index in [-0.39, 0.29) is 12.5 Å². The Labute approximate surface area is 103 Å². The molecule has 0 spiro atoms. The number of β-amino-alcohol motifs (C(OH)–C–C–N with tert-alkyl or cyclic N) is 1. The zero-order valence-electron chi connectivity index (χ0n) is 10.3. The van der Waals surface area contributed by atoms with Crippen molar-refractivity contribution in [3.8, 4) is 0 Å². The molecule has 0 aromatic rings. The Morgan fingerprint density at radius 3 is 2.82 bits per heavy atom. The second-order valence-electron chi connectivity index (χ2n) is 4.37. The van der Waals surface area contributed by atoms with E-state index in [0.717, 1.165) is 26.1 Å². The van der Waals surface area contributed by atoms with Gasteiger partial charge in [0.05, 0.1) is 12.6 Å². The summed E-state index contributed by atoms with van der Waals surface area (Å²) in [7, 11) is 0. The SMILES string of the molecule is C=CCC(N)C(=O)N1CCCN(CCO)CC1. The van der Waals surface area contributed by atoms with Crippen LogP contribution in [0.3, 0.4) is 0 Å². The molecule has 98 valence electrons. The van der Waals surface area contributed by atoms with Crippen LogP contribution in [0, 0.1) is 0 Å². The summed E-state index contributed by atoms with van der Waals surface area (Å²) in [6, 6.07) is -0.461. The van der Waals surface area contributed by atoms with Gasteiger partial charge in [-0.3, -0.25) is 9.69 Å². The highest BCUT2D eigenvalue weighted by molar-refractivity contribution is 5.81. The Balaban J connectivity index is 2.44. The maximum Gasteiger partial charge on any atom is 0.239 e.